The van der Waals surface area contributed by atoms with E-state index in [-0.39, 0.29) is 30.2 Å². The molecule has 9 nitrogen and oxygen atoms in total. The SMILES string of the molecule is Cc1onc(C(C)C)c1C(=O)N(C)CCC[C@H]1C(=O)N(C)CCCCc2ccccc2OCC(=O)N1C. The number of carbonyl (C=O) groups is 3. The van der Waals surface area contributed by atoms with Gasteiger partial charge in [-0.05, 0) is 56.6 Å². The smallest absolute Gasteiger partial charge is 0.260 e. The molecule has 2 aromatic rings. The maximum absolute atomic E-state index is 13.4. The van der Waals surface area contributed by atoms with Gasteiger partial charge in [-0.25, -0.2) is 0 Å². The summed E-state index contributed by atoms with van der Waals surface area (Å²) >= 11 is 0. The van der Waals surface area contributed by atoms with E-state index in [1.54, 1.807) is 37.9 Å². The maximum atomic E-state index is 13.4. The second-order valence-electron chi connectivity index (χ2n) is 10.2. The van der Waals surface area contributed by atoms with Crippen LogP contribution in [0.1, 0.15) is 72.8 Å². The fourth-order valence-electron chi connectivity index (χ4n) is 4.64. The van der Waals surface area contributed by atoms with Crippen molar-refractivity contribution in [3.63, 3.8) is 0 Å². The Hall–Kier alpha value is -3.36. The van der Waals surface area contributed by atoms with Gasteiger partial charge in [-0.3, -0.25) is 14.4 Å². The Kier molecular flexibility index (Phi) is 9.72. The van der Waals surface area contributed by atoms with Crippen molar-refractivity contribution in [3.8, 4) is 5.75 Å². The van der Waals surface area contributed by atoms with E-state index < -0.39 is 6.04 Å². The molecule has 3 rings (SSSR count). The number of aromatic nitrogens is 1. The Morgan fingerprint density at radius 1 is 1.19 bits per heavy atom. The van der Waals surface area contributed by atoms with Crippen LogP contribution in [0.25, 0.3) is 0 Å². The van der Waals surface area contributed by atoms with Crippen LogP contribution in [0, 0.1) is 6.92 Å². The molecule has 1 aliphatic rings. The molecule has 3 amide bonds. The molecule has 0 aliphatic carbocycles. The lowest BCUT2D eigenvalue weighted by molar-refractivity contribution is -0.145. The van der Waals surface area contributed by atoms with Gasteiger partial charge in [-0.15, -0.1) is 0 Å². The van der Waals surface area contributed by atoms with Gasteiger partial charge in [-0.2, -0.15) is 0 Å². The van der Waals surface area contributed by atoms with Crippen LogP contribution in [0.4, 0.5) is 0 Å². The highest BCUT2D eigenvalue weighted by molar-refractivity contribution is 5.96. The molecule has 0 radical (unpaired) electrons. The number of rotatable bonds is 6. The lowest BCUT2D eigenvalue weighted by Crippen LogP contribution is -2.50. The Bertz CT molecular complexity index is 1100. The topological polar surface area (TPSA) is 96.2 Å². The van der Waals surface area contributed by atoms with E-state index in [4.69, 9.17) is 9.26 Å². The quantitative estimate of drug-likeness (QED) is 0.586. The van der Waals surface area contributed by atoms with E-state index in [1.807, 2.05) is 38.1 Å². The molecule has 202 valence electrons. The largest absolute Gasteiger partial charge is 0.483 e. The van der Waals surface area contributed by atoms with Gasteiger partial charge in [0.15, 0.2) is 6.61 Å². The Balaban J connectivity index is 1.69. The summed E-state index contributed by atoms with van der Waals surface area (Å²) in [6.45, 7) is 6.59. The molecule has 0 fully saturated rings. The molecule has 0 spiro atoms. The lowest BCUT2D eigenvalue weighted by Gasteiger charge is -2.31. The van der Waals surface area contributed by atoms with Crippen LogP contribution in [0.5, 0.6) is 5.75 Å². The van der Waals surface area contributed by atoms with Crippen molar-refractivity contribution in [1.82, 2.24) is 19.9 Å². The Morgan fingerprint density at radius 3 is 2.65 bits per heavy atom. The third kappa shape index (κ3) is 6.90. The van der Waals surface area contributed by atoms with Gasteiger partial charge >= 0.3 is 0 Å². The predicted octanol–water partition coefficient (Wildman–Crippen LogP) is 3.66. The first-order valence-electron chi connectivity index (χ1n) is 13.0. The van der Waals surface area contributed by atoms with Gasteiger partial charge in [0, 0.05) is 34.2 Å². The molecule has 0 saturated heterocycles. The molecular weight excluding hydrogens is 472 g/mol. The first kappa shape index (κ1) is 28.2. The van der Waals surface area contributed by atoms with Crippen molar-refractivity contribution in [2.45, 2.75) is 64.8 Å². The van der Waals surface area contributed by atoms with Gasteiger partial charge < -0.3 is 24.0 Å². The number of fused-ring (bicyclic) bond motifs is 1. The highest BCUT2D eigenvalue weighted by atomic mass is 16.5. The number of hydrogen-bond donors (Lipinski definition) is 0. The van der Waals surface area contributed by atoms with Crippen LogP contribution in [-0.2, 0) is 16.0 Å². The summed E-state index contributed by atoms with van der Waals surface area (Å²) in [5, 5.41) is 4.05. The molecule has 2 heterocycles. The van der Waals surface area contributed by atoms with E-state index in [1.165, 1.54) is 4.90 Å². The van der Waals surface area contributed by atoms with Crippen molar-refractivity contribution in [2.75, 3.05) is 40.8 Å². The van der Waals surface area contributed by atoms with E-state index in [0.29, 0.717) is 48.7 Å². The van der Waals surface area contributed by atoms with Crippen molar-refractivity contribution >= 4 is 17.7 Å². The van der Waals surface area contributed by atoms with Gasteiger partial charge in [-0.1, -0.05) is 37.2 Å². The number of aryl methyl sites for hydroxylation is 2. The third-order valence-electron chi connectivity index (χ3n) is 7.00. The summed E-state index contributed by atoms with van der Waals surface area (Å²) in [5.74, 6) is 0.763. The molecule has 37 heavy (non-hydrogen) atoms. The minimum atomic E-state index is -0.635. The van der Waals surface area contributed by atoms with E-state index in [2.05, 4.69) is 5.16 Å². The van der Waals surface area contributed by atoms with Crippen LogP contribution in [-0.4, -0.2) is 84.5 Å². The van der Waals surface area contributed by atoms with Crippen LogP contribution in [0.15, 0.2) is 28.8 Å². The normalized spacial score (nSPS) is 17.5. The monoisotopic (exact) mass is 512 g/mol. The summed E-state index contributed by atoms with van der Waals surface area (Å²) in [5.41, 5.74) is 2.22. The minimum Gasteiger partial charge on any atom is -0.483 e. The van der Waals surface area contributed by atoms with Crippen LogP contribution >= 0.6 is 0 Å². The summed E-state index contributed by atoms with van der Waals surface area (Å²) in [4.78, 5) is 44.4. The third-order valence-corrected chi connectivity index (χ3v) is 7.00. The number of hydrogen-bond acceptors (Lipinski definition) is 6. The zero-order valence-electron chi connectivity index (χ0n) is 23.0. The van der Waals surface area contributed by atoms with E-state index in [0.717, 1.165) is 24.8 Å². The number of amides is 3. The summed E-state index contributed by atoms with van der Waals surface area (Å²) in [6, 6.07) is 7.13. The minimum absolute atomic E-state index is 0.0622. The second kappa shape index (κ2) is 12.7. The highest BCUT2D eigenvalue weighted by Crippen LogP contribution is 2.24. The fourth-order valence-corrected chi connectivity index (χ4v) is 4.64. The zero-order chi connectivity index (χ0) is 27.1. The van der Waals surface area contributed by atoms with E-state index >= 15 is 0 Å². The standard InChI is InChI=1S/C28H40N4O5/c1-19(2)26-25(20(3)37-29-26)28(35)31(5)17-11-14-22-27(34)30(4)16-10-9-13-21-12-7-8-15-23(21)36-18-24(33)32(22)6/h7-8,12,15,19,22H,9-11,13-14,16-18H2,1-6H3/t22-/m0/s1. The maximum Gasteiger partial charge on any atom is 0.260 e. The lowest BCUT2D eigenvalue weighted by atomic mass is 10.0. The van der Waals surface area contributed by atoms with Crippen LogP contribution in [0.3, 0.4) is 0 Å². The average Bonchev–Trinajstić information content (AvgIpc) is 3.27. The number of carbonyl (C=O) groups excluding carboxylic acids is 3. The molecule has 9 heteroatoms. The Morgan fingerprint density at radius 2 is 1.92 bits per heavy atom. The zero-order valence-corrected chi connectivity index (χ0v) is 23.0. The molecule has 1 aromatic heterocycles. The number of likely N-dealkylation sites (N-methyl/N-ethyl adjacent to an activating group) is 2. The number of para-hydroxylation sites is 1. The van der Waals surface area contributed by atoms with Crippen LogP contribution < -0.4 is 4.74 Å². The molecular formula is C28H40N4O5. The fraction of sp³-hybridized carbons (Fsp3) is 0.571. The first-order chi connectivity index (χ1) is 17.6. The molecule has 1 atom stereocenters. The molecule has 0 saturated carbocycles. The van der Waals surface area contributed by atoms with Gasteiger partial charge in [0.25, 0.3) is 11.8 Å². The van der Waals surface area contributed by atoms with Crippen molar-refractivity contribution in [3.05, 3.63) is 46.8 Å². The second-order valence-corrected chi connectivity index (χ2v) is 10.2. The summed E-state index contributed by atoms with van der Waals surface area (Å²) in [6.07, 6.45) is 3.58. The Labute approximate surface area is 219 Å². The molecule has 1 aromatic carbocycles. The summed E-state index contributed by atoms with van der Waals surface area (Å²) < 4.78 is 11.1. The van der Waals surface area contributed by atoms with Crippen molar-refractivity contribution < 1.29 is 23.6 Å². The first-order valence-corrected chi connectivity index (χ1v) is 13.0. The predicted molar refractivity (Wildman–Crippen MR) is 141 cm³/mol. The number of nitrogens with zero attached hydrogens (tertiary/aromatic N) is 4. The van der Waals surface area contributed by atoms with Gasteiger partial charge in [0.1, 0.15) is 23.1 Å². The molecule has 0 bridgehead atoms. The molecule has 1 aliphatic heterocycles. The van der Waals surface area contributed by atoms with Crippen molar-refractivity contribution in [1.29, 1.82) is 0 Å². The molecule has 0 N–H and O–H groups in total. The van der Waals surface area contributed by atoms with Crippen LogP contribution in [0.2, 0.25) is 0 Å². The van der Waals surface area contributed by atoms with Gasteiger partial charge in [0.2, 0.25) is 5.91 Å². The van der Waals surface area contributed by atoms with Gasteiger partial charge in [0.05, 0.1) is 5.69 Å². The highest BCUT2D eigenvalue weighted by Gasteiger charge is 2.30. The van der Waals surface area contributed by atoms with Crippen molar-refractivity contribution in [2.24, 2.45) is 0 Å². The number of ether oxygens (including phenoxy) is 1. The molecule has 0 unspecified atom stereocenters. The van der Waals surface area contributed by atoms with E-state index in [9.17, 15) is 14.4 Å². The number of benzene rings is 1. The average molecular weight is 513 g/mol. The summed E-state index contributed by atoms with van der Waals surface area (Å²) in [7, 11) is 5.17.